The van der Waals surface area contributed by atoms with Gasteiger partial charge in [0, 0.05) is 12.0 Å². The van der Waals surface area contributed by atoms with Gasteiger partial charge in [0.05, 0.1) is 18.2 Å². The van der Waals surface area contributed by atoms with Crippen LogP contribution in [0.5, 0.6) is 5.75 Å². The molecule has 1 saturated carbocycles. The maximum atomic E-state index is 11.4. The number of aliphatic carboxylic acids is 1. The van der Waals surface area contributed by atoms with Crippen molar-refractivity contribution in [3.8, 4) is 17.2 Å². The summed E-state index contributed by atoms with van der Waals surface area (Å²) in [4.78, 5) is 16.0. The predicted octanol–water partition coefficient (Wildman–Crippen LogP) is 5.31. The van der Waals surface area contributed by atoms with Crippen molar-refractivity contribution in [3.05, 3.63) is 71.6 Å². The lowest BCUT2D eigenvalue weighted by molar-refractivity contribution is -0.142. The van der Waals surface area contributed by atoms with Crippen molar-refractivity contribution in [2.24, 2.45) is 11.8 Å². The quantitative estimate of drug-likeness (QED) is 0.549. The van der Waals surface area contributed by atoms with Gasteiger partial charge in [-0.25, -0.2) is 4.98 Å². The van der Waals surface area contributed by atoms with E-state index in [9.17, 15) is 9.90 Å². The average Bonchev–Trinajstić information content (AvgIpc) is 3.37. The normalized spacial score (nSPS) is 18.4. The van der Waals surface area contributed by atoms with Gasteiger partial charge in [0.2, 0.25) is 5.89 Å². The monoisotopic (exact) mass is 405 g/mol. The highest BCUT2D eigenvalue weighted by Gasteiger charge is 2.32. The first-order chi connectivity index (χ1) is 14.6. The fourth-order valence-electron chi connectivity index (χ4n) is 4.26. The Balaban J connectivity index is 1.30. The number of rotatable bonds is 8. The lowest BCUT2D eigenvalue weighted by Crippen LogP contribution is -2.19. The molecule has 1 fully saturated rings. The summed E-state index contributed by atoms with van der Waals surface area (Å²) in [7, 11) is 0. The van der Waals surface area contributed by atoms with Crippen molar-refractivity contribution in [1.29, 1.82) is 0 Å². The minimum absolute atomic E-state index is 0.201. The third-order valence-corrected chi connectivity index (χ3v) is 5.92. The number of nitrogens with zero attached hydrogens (tertiary/aromatic N) is 1. The second-order valence-corrected chi connectivity index (χ2v) is 7.97. The van der Waals surface area contributed by atoms with Crippen molar-refractivity contribution in [2.75, 3.05) is 6.61 Å². The first kappa shape index (κ1) is 20.2. The molecule has 0 saturated heterocycles. The van der Waals surface area contributed by atoms with Crippen LogP contribution in [0, 0.1) is 18.8 Å². The van der Waals surface area contributed by atoms with Gasteiger partial charge in [-0.15, -0.1) is 0 Å². The summed E-state index contributed by atoms with van der Waals surface area (Å²) in [5, 5.41) is 9.35. The Kier molecular flexibility index (Phi) is 6.17. The summed E-state index contributed by atoms with van der Waals surface area (Å²) in [6.07, 6.45) is 4.30. The van der Waals surface area contributed by atoms with Crippen LogP contribution < -0.4 is 4.74 Å². The highest BCUT2D eigenvalue weighted by atomic mass is 16.5. The Morgan fingerprint density at radius 1 is 1.13 bits per heavy atom. The average molecular weight is 405 g/mol. The summed E-state index contributed by atoms with van der Waals surface area (Å²) < 4.78 is 11.7. The van der Waals surface area contributed by atoms with E-state index in [0.717, 1.165) is 48.5 Å². The van der Waals surface area contributed by atoms with Crippen LogP contribution in [0.2, 0.25) is 0 Å². The number of carboxylic acids is 1. The van der Waals surface area contributed by atoms with Crippen LogP contribution in [0.1, 0.15) is 36.3 Å². The topological polar surface area (TPSA) is 72.6 Å². The first-order valence-corrected chi connectivity index (χ1v) is 10.6. The predicted molar refractivity (Wildman–Crippen MR) is 114 cm³/mol. The lowest BCUT2D eigenvalue weighted by atomic mass is 9.90. The van der Waals surface area contributed by atoms with E-state index in [0.29, 0.717) is 18.9 Å². The molecule has 5 heteroatoms. The standard InChI is InChI=1S/C25H27NO4/c1-17-23(26-24(30-17)19-6-3-2-4-7-19)14-15-29-21-12-10-18(11-13-21)16-20-8-5-9-22(20)25(27)28/h2-4,6-7,10-13,20,22H,5,8-9,14-16H2,1H3,(H,27,28)/t20-,22-/m0/s1. The van der Waals surface area contributed by atoms with Gasteiger partial charge < -0.3 is 14.3 Å². The third-order valence-electron chi connectivity index (χ3n) is 5.92. The number of hydrogen-bond acceptors (Lipinski definition) is 4. The van der Waals surface area contributed by atoms with E-state index in [1.807, 2.05) is 61.5 Å². The van der Waals surface area contributed by atoms with Crippen LogP contribution in [0.15, 0.2) is 59.0 Å². The zero-order chi connectivity index (χ0) is 20.9. The van der Waals surface area contributed by atoms with E-state index in [-0.39, 0.29) is 11.8 Å². The molecule has 156 valence electrons. The molecule has 1 aliphatic carbocycles. The third kappa shape index (κ3) is 4.73. The molecule has 0 bridgehead atoms. The first-order valence-electron chi connectivity index (χ1n) is 10.6. The highest BCUT2D eigenvalue weighted by molar-refractivity contribution is 5.70. The molecule has 30 heavy (non-hydrogen) atoms. The molecule has 2 aromatic carbocycles. The minimum Gasteiger partial charge on any atom is -0.493 e. The van der Waals surface area contributed by atoms with Crippen LogP contribution in [-0.2, 0) is 17.6 Å². The molecule has 1 aromatic heterocycles. The summed E-state index contributed by atoms with van der Waals surface area (Å²) in [6, 6.07) is 17.9. The number of ether oxygens (including phenoxy) is 1. The molecule has 0 radical (unpaired) electrons. The largest absolute Gasteiger partial charge is 0.493 e. The molecule has 0 aliphatic heterocycles. The highest BCUT2D eigenvalue weighted by Crippen LogP contribution is 2.34. The molecular formula is C25H27NO4. The van der Waals surface area contributed by atoms with Gasteiger partial charge in [0.15, 0.2) is 0 Å². The van der Waals surface area contributed by atoms with Crippen molar-refractivity contribution in [3.63, 3.8) is 0 Å². The molecule has 3 aromatic rings. The minimum atomic E-state index is -0.656. The van der Waals surface area contributed by atoms with Crippen LogP contribution in [-0.4, -0.2) is 22.7 Å². The second-order valence-electron chi connectivity index (χ2n) is 7.97. The molecular weight excluding hydrogens is 378 g/mol. The zero-order valence-electron chi connectivity index (χ0n) is 17.2. The van der Waals surface area contributed by atoms with E-state index >= 15 is 0 Å². The molecule has 0 amide bonds. The van der Waals surface area contributed by atoms with Crippen molar-refractivity contribution >= 4 is 5.97 Å². The molecule has 0 unspecified atom stereocenters. The summed E-state index contributed by atoms with van der Waals surface area (Å²) in [6.45, 7) is 2.45. The van der Waals surface area contributed by atoms with Crippen LogP contribution in [0.4, 0.5) is 0 Å². The summed E-state index contributed by atoms with van der Waals surface area (Å²) in [5.74, 6) is 1.65. The smallest absolute Gasteiger partial charge is 0.306 e. The lowest BCUT2D eigenvalue weighted by Gasteiger charge is -2.15. The number of oxazole rings is 1. The Morgan fingerprint density at radius 2 is 1.90 bits per heavy atom. The van der Waals surface area contributed by atoms with Crippen LogP contribution in [0.3, 0.4) is 0 Å². The van der Waals surface area contributed by atoms with Gasteiger partial charge in [-0.1, -0.05) is 36.8 Å². The second kappa shape index (κ2) is 9.16. The Morgan fingerprint density at radius 3 is 2.63 bits per heavy atom. The van der Waals surface area contributed by atoms with Gasteiger partial charge >= 0.3 is 5.97 Å². The number of benzene rings is 2. The van der Waals surface area contributed by atoms with Crippen LogP contribution >= 0.6 is 0 Å². The van der Waals surface area contributed by atoms with Crippen LogP contribution in [0.25, 0.3) is 11.5 Å². The van der Waals surface area contributed by atoms with Crippen molar-refractivity contribution in [1.82, 2.24) is 4.98 Å². The molecule has 1 aliphatic rings. The Bertz CT molecular complexity index is 978. The van der Waals surface area contributed by atoms with Crippen molar-refractivity contribution in [2.45, 2.75) is 39.0 Å². The molecule has 2 atom stereocenters. The van der Waals surface area contributed by atoms with Crippen molar-refractivity contribution < 1.29 is 19.1 Å². The van der Waals surface area contributed by atoms with E-state index in [1.165, 1.54) is 5.56 Å². The van der Waals surface area contributed by atoms with E-state index in [1.54, 1.807) is 0 Å². The molecule has 5 nitrogen and oxygen atoms in total. The molecule has 1 heterocycles. The number of hydrogen-bond donors (Lipinski definition) is 1. The fourth-order valence-corrected chi connectivity index (χ4v) is 4.26. The number of aromatic nitrogens is 1. The molecule has 0 spiro atoms. The molecule has 4 rings (SSSR count). The Hall–Kier alpha value is -3.08. The van der Waals surface area contributed by atoms with Gasteiger partial charge in [-0.3, -0.25) is 4.79 Å². The zero-order valence-corrected chi connectivity index (χ0v) is 17.2. The van der Waals surface area contributed by atoms with E-state index in [2.05, 4.69) is 4.98 Å². The number of carboxylic acid groups (broad SMARTS) is 1. The molecule has 1 N–H and O–H groups in total. The maximum Gasteiger partial charge on any atom is 0.306 e. The Labute approximate surface area is 176 Å². The summed E-state index contributed by atoms with van der Waals surface area (Å²) in [5.41, 5.74) is 3.04. The van der Waals surface area contributed by atoms with Gasteiger partial charge in [0.1, 0.15) is 11.5 Å². The summed E-state index contributed by atoms with van der Waals surface area (Å²) >= 11 is 0. The van der Waals surface area contributed by atoms with Gasteiger partial charge in [0.25, 0.3) is 0 Å². The van der Waals surface area contributed by atoms with E-state index in [4.69, 9.17) is 9.15 Å². The van der Waals surface area contributed by atoms with Gasteiger partial charge in [-0.05, 0) is 61.9 Å². The SMILES string of the molecule is Cc1oc(-c2ccccc2)nc1CCOc1ccc(C[C@@H]2CCC[C@@H]2C(=O)O)cc1. The number of carbonyl (C=O) groups is 1. The number of aryl methyl sites for hydroxylation is 1. The maximum absolute atomic E-state index is 11.4. The van der Waals surface area contributed by atoms with Gasteiger partial charge in [-0.2, -0.15) is 0 Å². The van der Waals surface area contributed by atoms with E-state index < -0.39 is 5.97 Å². The fraction of sp³-hybridized carbons (Fsp3) is 0.360.